The van der Waals surface area contributed by atoms with E-state index in [-0.39, 0.29) is 17.4 Å². The van der Waals surface area contributed by atoms with Crippen LogP contribution in [-0.4, -0.2) is 42.2 Å². The molecule has 2 rings (SSSR count). The first-order valence-electron chi connectivity index (χ1n) is 5.98. The lowest BCUT2D eigenvalue weighted by Gasteiger charge is -2.39. The third kappa shape index (κ3) is 2.33. The highest BCUT2D eigenvalue weighted by Gasteiger charge is 2.51. The number of carboxylic acids is 1. The number of hydrogen-bond acceptors (Lipinski definition) is 4. The Kier molecular flexibility index (Phi) is 3.20. The number of carboxylic acid groups (broad SMARTS) is 1. The molecule has 1 atom stereocenters. The van der Waals surface area contributed by atoms with E-state index in [4.69, 9.17) is 0 Å². The molecule has 0 spiro atoms. The summed E-state index contributed by atoms with van der Waals surface area (Å²) >= 11 is 0. The molecule has 2 fully saturated rings. The summed E-state index contributed by atoms with van der Waals surface area (Å²) in [5.74, 6) is -1.08. The molecule has 98 valence electrons. The fraction of sp³-hybridized carbons (Fsp3) is 0.909. The highest BCUT2D eigenvalue weighted by molar-refractivity contribution is 7.91. The summed E-state index contributed by atoms with van der Waals surface area (Å²) in [6, 6.07) is 0. The maximum atomic E-state index is 11.5. The molecule has 0 bridgehead atoms. The fourth-order valence-corrected chi connectivity index (χ4v) is 5.05. The zero-order valence-corrected chi connectivity index (χ0v) is 10.4. The summed E-state index contributed by atoms with van der Waals surface area (Å²) in [6.45, 7) is 0. The van der Waals surface area contributed by atoms with Gasteiger partial charge in [0.05, 0.1) is 23.0 Å². The van der Waals surface area contributed by atoms with Crippen LogP contribution in [-0.2, 0) is 14.6 Å². The standard InChI is InChI=1S/C11H18O5S/c12-9-1-4-11(5-2-9,10(13)14)8-3-6-17(15,16)7-8/h8-9,12H,1-7H2,(H,13,14). The predicted octanol–water partition coefficient (Wildman–Crippen LogP) is 0.427. The Bertz CT molecular complexity index is 406. The zero-order chi connectivity index (χ0) is 12.7. The van der Waals surface area contributed by atoms with Crippen LogP contribution in [0.25, 0.3) is 0 Å². The van der Waals surface area contributed by atoms with Crippen LogP contribution < -0.4 is 0 Å². The minimum Gasteiger partial charge on any atom is -0.481 e. The molecule has 0 radical (unpaired) electrons. The first-order valence-corrected chi connectivity index (χ1v) is 7.80. The third-order valence-corrected chi connectivity index (χ3v) is 6.06. The summed E-state index contributed by atoms with van der Waals surface area (Å²) in [7, 11) is -3.06. The summed E-state index contributed by atoms with van der Waals surface area (Å²) in [5.41, 5.74) is -0.928. The van der Waals surface area contributed by atoms with Crippen molar-refractivity contribution in [1.29, 1.82) is 0 Å². The maximum absolute atomic E-state index is 11.5. The van der Waals surface area contributed by atoms with Crippen molar-refractivity contribution >= 4 is 15.8 Å². The smallest absolute Gasteiger partial charge is 0.309 e. The van der Waals surface area contributed by atoms with Crippen LogP contribution in [0, 0.1) is 11.3 Å². The average Bonchev–Trinajstić information content (AvgIpc) is 2.60. The van der Waals surface area contributed by atoms with E-state index in [0.29, 0.717) is 32.1 Å². The van der Waals surface area contributed by atoms with Gasteiger partial charge in [-0.25, -0.2) is 8.42 Å². The molecule has 1 saturated carbocycles. The van der Waals surface area contributed by atoms with Crippen molar-refractivity contribution in [2.75, 3.05) is 11.5 Å². The monoisotopic (exact) mass is 262 g/mol. The van der Waals surface area contributed by atoms with Gasteiger partial charge in [0.1, 0.15) is 0 Å². The van der Waals surface area contributed by atoms with E-state index in [9.17, 15) is 23.4 Å². The van der Waals surface area contributed by atoms with Gasteiger partial charge in [0.25, 0.3) is 0 Å². The second-order valence-corrected chi connectivity index (χ2v) is 7.52. The van der Waals surface area contributed by atoms with E-state index in [1.54, 1.807) is 0 Å². The molecule has 17 heavy (non-hydrogen) atoms. The fourth-order valence-electron chi connectivity index (χ4n) is 3.15. The molecule has 2 N–H and O–H groups in total. The van der Waals surface area contributed by atoms with Gasteiger partial charge >= 0.3 is 5.97 Å². The van der Waals surface area contributed by atoms with Gasteiger partial charge in [-0.3, -0.25) is 4.79 Å². The summed E-state index contributed by atoms with van der Waals surface area (Å²) in [5, 5.41) is 18.9. The molecule has 1 aliphatic heterocycles. The molecular weight excluding hydrogens is 244 g/mol. The minimum atomic E-state index is -3.06. The van der Waals surface area contributed by atoms with Gasteiger partial charge in [-0.15, -0.1) is 0 Å². The van der Waals surface area contributed by atoms with Gasteiger partial charge in [0, 0.05) is 0 Å². The Hall–Kier alpha value is -0.620. The van der Waals surface area contributed by atoms with Crippen LogP contribution in [0.15, 0.2) is 0 Å². The molecule has 1 heterocycles. The van der Waals surface area contributed by atoms with Gasteiger partial charge in [-0.2, -0.15) is 0 Å². The van der Waals surface area contributed by atoms with Crippen molar-refractivity contribution in [2.45, 2.75) is 38.2 Å². The second kappa shape index (κ2) is 4.24. The number of aliphatic carboxylic acids is 1. The van der Waals surface area contributed by atoms with Crippen molar-refractivity contribution in [3.8, 4) is 0 Å². The first-order chi connectivity index (χ1) is 7.86. The number of aliphatic hydroxyl groups excluding tert-OH is 1. The lowest BCUT2D eigenvalue weighted by atomic mass is 9.65. The number of rotatable bonds is 2. The molecule has 1 aliphatic carbocycles. The van der Waals surface area contributed by atoms with Crippen LogP contribution >= 0.6 is 0 Å². The molecule has 1 saturated heterocycles. The van der Waals surface area contributed by atoms with Crippen molar-refractivity contribution in [1.82, 2.24) is 0 Å². The number of aliphatic hydroxyl groups is 1. The largest absolute Gasteiger partial charge is 0.481 e. The average molecular weight is 262 g/mol. The summed E-state index contributed by atoms with van der Waals surface area (Å²) in [6.07, 6.45) is 1.73. The SMILES string of the molecule is O=C(O)C1(C2CCS(=O)(=O)C2)CCC(O)CC1. The van der Waals surface area contributed by atoms with E-state index in [1.165, 1.54) is 0 Å². The maximum Gasteiger partial charge on any atom is 0.309 e. The van der Waals surface area contributed by atoms with Crippen molar-refractivity contribution < 1.29 is 23.4 Å². The van der Waals surface area contributed by atoms with Crippen LogP contribution in [0.4, 0.5) is 0 Å². The lowest BCUT2D eigenvalue weighted by molar-refractivity contribution is -0.156. The van der Waals surface area contributed by atoms with Crippen LogP contribution in [0.1, 0.15) is 32.1 Å². The Labute approximate surface area is 101 Å². The molecule has 6 heteroatoms. The highest BCUT2D eigenvalue weighted by atomic mass is 32.2. The van der Waals surface area contributed by atoms with Gasteiger partial charge < -0.3 is 10.2 Å². The van der Waals surface area contributed by atoms with Crippen LogP contribution in [0.2, 0.25) is 0 Å². The van der Waals surface area contributed by atoms with Crippen molar-refractivity contribution in [3.63, 3.8) is 0 Å². The topological polar surface area (TPSA) is 91.7 Å². The van der Waals surface area contributed by atoms with Crippen molar-refractivity contribution in [3.05, 3.63) is 0 Å². The Morgan fingerprint density at radius 2 is 1.76 bits per heavy atom. The van der Waals surface area contributed by atoms with Crippen LogP contribution in [0.5, 0.6) is 0 Å². The van der Waals surface area contributed by atoms with E-state index in [1.807, 2.05) is 0 Å². The Morgan fingerprint density at radius 1 is 1.18 bits per heavy atom. The molecule has 0 aromatic carbocycles. The van der Waals surface area contributed by atoms with E-state index < -0.39 is 27.3 Å². The van der Waals surface area contributed by atoms with Gasteiger partial charge in [0.15, 0.2) is 9.84 Å². The van der Waals surface area contributed by atoms with E-state index in [0.717, 1.165) is 0 Å². The third-order valence-electron chi connectivity index (χ3n) is 4.29. The predicted molar refractivity (Wildman–Crippen MR) is 61.3 cm³/mol. The molecule has 0 aromatic heterocycles. The molecule has 5 nitrogen and oxygen atoms in total. The first kappa shape index (κ1) is 12.8. The Morgan fingerprint density at radius 3 is 2.18 bits per heavy atom. The molecule has 0 aromatic rings. The summed E-state index contributed by atoms with van der Waals surface area (Å²) in [4.78, 5) is 11.5. The minimum absolute atomic E-state index is 0.00457. The van der Waals surface area contributed by atoms with Gasteiger partial charge in [-0.1, -0.05) is 0 Å². The van der Waals surface area contributed by atoms with Crippen molar-refractivity contribution in [2.24, 2.45) is 11.3 Å². The summed E-state index contributed by atoms with van der Waals surface area (Å²) < 4.78 is 22.9. The zero-order valence-electron chi connectivity index (χ0n) is 9.63. The lowest BCUT2D eigenvalue weighted by Crippen LogP contribution is -2.43. The van der Waals surface area contributed by atoms with Gasteiger partial charge in [0.2, 0.25) is 0 Å². The highest BCUT2D eigenvalue weighted by Crippen LogP contribution is 2.47. The molecule has 1 unspecified atom stereocenters. The quantitative estimate of drug-likeness (QED) is 0.753. The normalized spacial score (nSPS) is 41.2. The van der Waals surface area contributed by atoms with E-state index >= 15 is 0 Å². The molecule has 0 amide bonds. The Balaban J connectivity index is 2.21. The van der Waals surface area contributed by atoms with Gasteiger partial charge in [-0.05, 0) is 38.0 Å². The number of sulfone groups is 1. The number of hydrogen-bond donors (Lipinski definition) is 2. The van der Waals surface area contributed by atoms with E-state index in [2.05, 4.69) is 0 Å². The number of carbonyl (C=O) groups is 1. The van der Waals surface area contributed by atoms with Crippen LogP contribution in [0.3, 0.4) is 0 Å². The molecular formula is C11H18O5S. The molecule has 2 aliphatic rings. The second-order valence-electron chi connectivity index (χ2n) is 5.29.